The fourth-order valence-electron chi connectivity index (χ4n) is 4.34. The first-order valence-electron chi connectivity index (χ1n) is 11.5. The van der Waals surface area contributed by atoms with Gasteiger partial charge in [0.15, 0.2) is 11.5 Å². The molecule has 2 aromatic carbocycles. The first kappa shape index (κ1) is 24.4. The van der Waals surface area contributed by atoms with Crippen LogP contribution in [0.2, 0.25) is 5.02 Å². The van der Waals surface area contributed by atoms with Crippen molar-refractivity contribution in [1.82, 2.24) is 30.5 Å². The fourth-order valence-corrected chi connectivity index (χ4v) is 5.25. The molecule has 1 amide bonds. The highest BCUT2D eigenvalue weighted by molar-refractivity contribution is 9.10. The number of benzene rings is 2. The van der Waals surface area contributed by atoms with E-state index in [0.29, 0.717) is 28.7 Å². The summed E-state index contributed by atoms with van der Waals surface area (Å²) in [6, 6.07) is 11.2. The van der Waals surface area contributed by atoms with Gasteiger partial charge in [-0.15, -0.1) is 0 Å². The third-order valence-electron chi connectivity index (χ3n) is 6.25. The van der Waals surface area contributed by atoms with Crippen molar-refractivity contribution in [2.24, 2.45) is 5.73 Å². The molecule has 1 atom stereocenters. The molecule has 1 aliphatic heterocycles. The summed E-state index contributed by atoms with van der Waals surface area (Å²) in [5.41, 5.74) is 15.6. The third-order valence-corrected chi connectivity index (χ3v) is 7.43. The average molecular weight is 568 g/mol. The van der Waals surface area contributed by atoms with Crippen molar-refractivity contribution in [3.8, 4) is 22.8 Å². The van der Waals surface area contributed by atoms with Crippen LogP contribution in [0.4, 0.5) is 5.82 Å². The van der Waals surface area contributed by atoms with Gasteiger partial charge in [0.25, 0.3) is 0 Å². The molecule has 0 bridgehead atoms. The van der Waals surface area contributed by atoms with Crippen LogP contribution in [0, 0.1) is 0 Å². The van der Waals surface area contributed by atoms with E-state index in [1.54, 1.807) is 18.3 Å². The summed E-state index contributed by atoms with van der Waals surface area (Å²) in [7, 11) is 0. The normalized spacial score (nSPS) is 15.7. The Balaban J connectivity index is 1.44. The Labute approximate surface area is 221 Å². The van der Waals surface area contributed by atoms with E-state index in [1.165, 1.54) is 0 Å². The Morgan fingerprint density at radius 1 is 1.22 bits per heavy atom. The zero-order chi connectivity index (χ0) is 25.2. The van der Waals surface area contributed by atoms with Crippen LogP contribution in [0.25, 0.3) is 22.8 Å². The second-order valence-corrected chi connectivity index (χ2v) is 9.94. The molecule has 36 heavy (non-hydrogen) atoms. The summed E-state index contributed by atoms with van der Waals surface area (Å²) in [5.74, 6) is 1.24. The predicted molar refractivity (Wildman–Crippen MR) is 143 cm³/mol. The molecule has 5 rings (SSSR count). The van der Waals surface area contributed by atoms with Crippen LogP contribution in [0.5, 0.6) is 0 Å². The number of aromatic amines is 1. The Bertz CT molecular complexity index is 1430. The monoisotopic (exact) mass is 566 g/mol. The number of halogens is 2. The first-order valence-corrected chi connectivity index (χ1v) is 12.7. The molecule has 1 aliphatic rings. The van der Waals surface area contributed by atoms with E-state index in [-0.39, 0.29) is 17.3 Å². The van der Waals surface area contributed by atoms with Crippen molar-refractivity contribution < 1.29 is 4.79 Å². The number of nitrogen functional groups attached to an aromatic ring is 1. The highest BCUT2D eigenvalue weighted by Crippen LogP contribution is 2.32. The maximum absolute atomic E-state index is 11.7. The summed E-state index contributed by atoms with van der Waals surface area (Å²) in [4.78, 5) is 25.5. The van der Waals surface area contributed by atoms with Crippen molar-refractivity contribution in [3.63, 3.8) is 0 Å². The molecule has 0 spiro atoms. The van der Waals surface area contributed by atoms with Gasteiger partial charge in [-0.05, 0) is 48.7 Å². The number of hydrogen-bond acceptors (Lipinski definition) is 7. The number of nitrogens with zero attached hydrogens (tertiary/aromatic N) is 4. The highest BCUT2D eigenvalue weighted by atomic mass is 79.9. The van der Waals surface area contributed by atoms with Crippen molar-refractivity contribution in [1.29, 1.82) is 0 Å². The van der Waals surface area contributed by atoms with Crippen molar-refractivity contribution in [2.75, 3.05) is 18.8 Å². The van der Waals surface area contributed by atoms with Gasteiger partial charge in [-0.3, -0.25) is 9.89 Å². The Kier molecular flexibility index (Phi) is 6.99. The Morgan fingerprint density at radius 3 is 2.86 bits per heavy atom. The zero-order valence-electron chi connectivity index (χ0n) is 19.3. The molecule has 1 fully saturated rings. The molecule has 1 saturated heterocycles. The largest absolute Gasteiger partial charge is 0.382 e. The second kappa shape index (κ2) is 10.3. The second-order valence-electron chi connectivity index (χ2n) is 8.71. The molecule has 9 nitrogen and oxygen atoms in total. The number of rotatable bonds is 6. The maximum atomic E-state index is 11.7. The average Bonchev–Trinajstić information content (AvgIpc) is 3.37. The number of nitrogens with one attached hydrogen (secondary N) is 2. The summed E-state index contributed by atoms with van der Waals surface area (Å²) in [5, 5.41) is 11.1. The fraction of sp³-hybridized carbons (Fsp3) is 0.240. The smallest absolute Gasteiger partial charge is 0.250 e. The molecule has 0 unspecified atom stereocenters. The van der Waals surface area contributed by atoms with E-state index in [4.69, 9.17) is 28.1 Å². The van der Waals surface area contributed by atoms with E-state index in [9.17, 15) is 4.79 Å². The molecule has 184 valence electrons. The molecule has 11 heteroatoms. The summed E-state index contributed by atoms with van der Waals surface area (Å²) in [6.07, 6.45) is 4.28. The van der Waals surface area contributed by atoms with E-state index < -0.39 is 5.91 Å². The van der Waals surface area contributed by atoms with Crippen molar-refractivity contribution >= 4 is 39.3 Å². The minimum absolute atomic E-state index is 0.265. The first-order chi connectivity index (χ1) is 17.4. The van der Waals surface area contributed by atoms with E-state index in [0.717, 1.165) is 52.9 Å². The number of amides is 1. The number of piperidine rings is 1. The molecular weight excluding hydrogens is 544 g/mol. The number of hydrogen-bond donors (Lipinski definition) is 4. The van der Waals surface area contributed by atoms with Crippen molar-refractivity contribution in [2.45, 2.75) is 25.2 Å². The summed E-state index contributed by atoms with van der Waals surface area (Å²) < 4.78 is 0.797. The van der Waals surface area contributed by atoms with Crippen LogP contribution in [0.1, 0.15) is 46.1 Å². The minimum Gasteiger partial charge on any atom is -0.382 e. The minimum atomic E-state index is -0.568. The number of carbonyl (C=O) groups is 1. The van der Waals surface area contributed by atoms with Gasteiger partial charge in [-0.1, -0.05) is 45.7 Å². The number of primary amides is 1. The topological polar surface area (TPSA) is 148 Å². The van der Waals surface area contributed by atoms with Gasteiger partial charge in [0, 0.05) is 28.9 Å². The molecule has 2 aromatic heterocycles. The predicted octanol–water partition coefficient (Wildman–Crippen LogP) is 4.08. The van der Waals surface area contributed by atoms with E-state index in [1.807, 2.05) is 24.3 Å². The zero-order valence-corrected chi connectivity index (χ0v) is 21.6. The SMILES string of the molecule is NC(=O)c1ccc(Br)c(Cc2cccc(-c3cnc(N)c(-c4n[nH]c([C@H]5CCCNC5)n4)n3)c2)c1Cl. The lowest BCUT2D eigenvalue weighted by Gasteiger charge is -2.20. The number of nitrogens with two attached hydrogens (primary N) is 2. The lowest BCUT2D eigenvalue weighted by molar-refractivity contribution is 0.100. The molecule has 0 radical (unpaired) electrons. The number of aromatic nitrogens is 5. The molecule has 0 aliphatic carbocycles. The molecule has 0 saturated carbocycles. The van der Waals surface area contributed by atoms with Gasteiger partial charge in [0.05, 0.1) is 22.5 Å². The van der Waals surface area contributed by atoms with Gasteiger partial charge in [0.2, 0.25) is 11.7 Å². The van der Waals surface area contributed by atoms with Crippen LogP contribution in [-0.2, 0) is 6.42 Å². The number of carbonyl (C=O) groups excluding carboxylic acids is 1. The van der Waals surface area contributed by atoms with E-state index >= 15 is 0 Å². The van der Waals surface area contributed by atoms with Gasteiger partial charge in [-0.2, -0.15) is 5.10 Å². The van der Waals surface area contributed by atoms with Crippen LogP contribution >= 0.6 is 27.5 Å². The standard InChI is InChI=1S/C25H24BrClN8O/c26-18-7-6-16(23(29)36)20(27)17(18)10-13-3-1-4-14(9-13)19-12-31-22(28)21(32-19)25-33-24(34-35-25)15-5-2-8-30-11-15/h1,3-4,6-7,9,12,15,30H,2,5,8,10-11H2,(H2,28,31)(H2,29,36)(H,33,34,35)/t15-/m0/s1. The Hall–Kier alpha value is -3.34. The van der Waals surface area contributed by atoms with Crippen molar-refractivity contribution in [3.05, 3.63) is 74.6 Å². The van der Waals surface area contributed by atoms with Gasteiger partial charge >= 0.3 is 0 Å². The van der Waals surface area contributed by atoms with Crippen LogP contribution in [-0.4, -0.2) is 44.1 Å². The molecular formula is C25H24BrClN8O. The molecule has 4 aromatic rings. The van der Waals surface area contributed by atoms with Crippen LogP contribution in [0.15, 0.2) is 47.1 Å². The van der Waals surface area contributed by atoms with E-state index in [2.05, 4.69) is 41.4 Å². The maximum Gasteiger partial charge on any atom is 0.250 e. The molecule has 3 heterocycles. The lowest BCUT2D eigenvalue weighted by atomic mass is 9.99. The van der Waals surface area contributed by atoms with Gasteiger partial charge in [0.1, 0.15) is 5.82 Å². The Morgan fingerprint density at radius 2 is 2.08 bits per heavy atom. The number of anilines is 1. The highest BCUT2D eigenvalue weighted by Gasteiger charge is 2.21. The summed E-state index contributed by atoms with van der Waals surface area (Å²) in [6.45, 7) is 1.89. The quantitative estimate of drug-likeness (QED) is 0.274. The van der Waals surface area contributed by atoms with Crippen LogP contribution in [0.3, 0.4) is 0 Å². The van der Waals surface area contributed by atoms with Gasteiger partial charge < -0.3 is 16.8 Å². The number of H-pyrrole nitrogens is 1. The third kappa shape index (κ3) is 4.97. The molecule has 6 N–H and O–H groups in total. The summed E-state index contributed by atoms with van der Waals surface area (Å²) >= 11 is 10.0. The lowest BCUT2D eigenvalue weighted by Crippen LogP contribution is -2.28. The van der Waals surface area contributed by atoms with Crippen LogP contribution < -0.4 is 16.8 Å². The van der Waals surface area contributed by atoms with Gasteiger partial charge in [-0.25, -0.2) is 15.0 Å².